The van der Waals surface area contributed by atoms with Gasteiger partial charge in [0.05, 0.1) is 10.7 Å². The fraction of sp³-hybridized carbons (Fsp3) is 0.333. The second-order valence-corrected chi connectivity index (χ2v) is 12.5. The van der Waals surface area contributed by atoms with Crippen molar-refractivity contribution in [3.05, 3.63) is 86.8 Å². The molecule has 13 nitrogen and oxygen atoms in total. The normalized spacial score (nSPS) is 13.6. The first-order chi connectivity index (χ1) is 22.4. The average Bonchev–Trinajstić information content (AvgIpc) is 3.02. The monoisotopic (exact) mass is 661 g/mol. The van der Waals surface area contributed by atoms with Gasteiger partial charge >= 0.3 is 6.09 Å². The Kier molecular flexibility index (Phi) is 10.1. The highest BCUT2D eigenvalue weighted by molar-refractivity contribution is 6.34. The molecular formula is C33H36ClN7O6. The maximum Gasteiger partial charge on any atom is 0.417 e. The summed E-state index contributed by atoms with van der Waals surface area (Å²) in [5.41, 5.74) is -0.496. The highest BCUT2D eigenvalue weighted by Crippen LogP contribution is 2.25. The lowest BCUT2D eigenvalue weighted by atomic mass is 10.1. The van der Waals surface area contributed by atoms with Crippen molar-refractivity contribution >= 4 is 52.2 Å². The summed E-state index contributed by atoms with van der Waals surface area (Å²) in [5, 5.41) is 19.1. The number of phenols is 1. The number of aromatic hydroxyl groups is 1. The molecule has 2 aromatic heterocycles. The smallest absolute Gasteiger partial charge is 0.417 e. The van der Waals surface area contributed by atoms with Crippen LogP contribution in [0, 0.1) is 0 Å². The molecular weight excluding hydrogens is 626 g/mol. The van der Waals surface area contributed by atoms with Crippen molar-refractivity contribution in [1.29, 1.82) is 0 Å². The van der Waals surface area contributed by atoms with Crippen LogP contribution in [0.25, 0.3) is 11.0 Å². The van der Waals surface area contributed by atoms with E-state index in [2.05, 4.69) is 30.9 Å². The number of amides is 3. The average molecular weight is 662 g/mol. The molecule has 3 amide bonds. The first-order valence-electron chi connectivity index (χ1n) is 15.2. The van der Waals surface area contributed by atoms with E-state index in [4.69, 9.17) is 16.3 Å². The molecule has 0 aliphatic carbocycles. The number of piperidine rings is 1. The second-order valence-electron chi connectivity index (χ2n) is 12.1. The van der Waals surface area contributed by atoms with Crippen molar-refractivity contribution in [2.75, 3.05) is 29.9 Å². The number of halogens is 1. The summed E-state index contributed by atoms with van der Waals surface area (Å²) >= 11 is 6.32. The third-order valence-corrected chi connectivity index (χ3v) is 7.78. The number of nitrogens with one attached hydrogen (secondary N) is 4. The SMILES string of the molecule is CC(C)(C)OC(=O)N(c1ncc2cc(C(=O)Nc3cc(C(=O)NCCc4ccccc4O)ccc3Cl)c(=O)[nH]c2n1)C1CCNCC1. The first kappa shape index (κ1) is 33.4. The Morgan fingerprint density at radius 3 is 2.55 bits per heavy atom. The fourth-order valence-electron chi connectivity index (χ4n) is 5.13. The molecule has 4 aromatic rings. The number of phenolic OH excluding ortho intramolecular Hbond substituents is 1. The molecule has 1 aliphatic rings. The van der Waals surface area contributed by atoms with Crippen molar-refractivity contribution in [1.82, 2.24) is 25.6 Å². The van der Waals surface area contributed by atoms with Gasteiger partial charge in [0.2, 0.25) is 5.95 Å². The zero-order valence-corrected chi connectivity index (χ0v) is 27.0. The molecule has 47 heavy (non-hydrogen) atoms. The van der Waals surface area contributed by atoms with Gasteiger partial charge in [-0.3, -0.25) is 14.4 Å². The van der Waals surface area contributed by atoms with Gasteiger partial charge in [-0.2, -0.15) is 4.98 Å². The number of aromatic nitrogens is 3. The maximum atomic E-state index is 13.2. The number of rotatable bonds is 8. The number of aromatic amines is 1. The predicted molar refractivity (Wildman–Crippen MR) is 178 cm³/mol. The number of para-hydroxylation sites is 1. The lowest BCUT2D eigenvalue weighted by Crippen LogP contribution is -2.49. The summed E-state index contributed by atoms with van der Waals surface area (Å²) in [4.78, 5) is 65.3. The number of hydrogen-bond acceptors (Lipinski definition) is 9. The molecule has 3 heterocycles. The third-order valence-electron chi connectivity index (χ3n) is 7.45. The molecule has 1 aliphatic heterocycles. The van der Waals surface area contributed by atoms with E-state index < -0.39 is 29.1 Å². The number of anilines is 2. The van der Waals surface area contributed by atoms with Crippen LogP contribution in [0.1, 0.15) is 59.9 Å². The Morgan fingerprint density at radius 2 is 1.83 bits per heavy atom. The van der Waals surface area contributed by atoms with E-state index in [0.717, 1.165) is 0 Å². The summed E-state index contributed by atoms with van der Waals surface area (Å²) in [6.07, 6.45) is 2.59. The van der Waals surface area contributed by atoms with Gasteiger partial charge in [0.1, 0.15) is 22.6 Å². The van der Waals surface area contributed by atoms with Gasteiger partial charge < -0.3 is 30.8 Å². The summed E-state index contributed by atoms with van der Waals surface area (Å²) in [6.45, 7) is 7.01. The van der Waals surface area contributed by atoms with E-state index in [9.17, 15) is 24.3 Å². The van der Waals surface area contributed by atoms with Gasteiger partial charge in [0.25, 0.3) is 17.4 Å². The molecule has 0 saturated carbocycles. The standard InChI is InChI=1S/C33H36ClN7O6/c1-33(2,3)47-32(46)41(22-11-13-35-14-12-22)31-37-18-21-16-23(30(45)39-27(21)40-31)29(44)38-25-17-20(8-9-24(25)34)28(43)36-15-10-19-6-4-5-7-26(19)42/h4-9,16-18,22,35,42H,10-15H2,1-3H3,(H,36,43)(H,38,44)(H,37,39,40,45). The molecule has 1 saturated heterocycles. The van der Waals surface area contributed by atoms with Crippen molar-refractivity contribution in [3.63, 3.8) is 0 Å². The number of pyridine rings is 1. The molecule has 0 radical (unpaired) electrons. The van der Waals surface area contributed by atoms with Crippen LogP contribution >= 0.6 is 11.6 Å². The summed E-state index contributed by atoms with van der Waals surface area (Å²) in [7, 11) is 0. The number of benzene rings is 2. The molecule has 246 valence electrons. The number of H-pyrrole nitrogens is 1. The molecule has 0 spiro atoms. The summed E-state index contributed by atoms with van der Waals surface area (Å²) in [5.74, 6) is -0.946. The second kappa shape index (κ2) is 14.2. The Bertz CT molecular complexity index is 1870. The Balaban J connectivity index is 1.33. The molecule has 0 unspecified atom stereocenters. The number of carbonyl (C=O) groups is 3. The summed E-state index contributed by atoms with van der Waals surface area (Å²) in [6, 6.07) is 12.4. The van der Waals surface area contributed by atoms with E-state index in [1.165, 1.54) is 35.4 Å². The minimum Gasteiger partial charge on any atom is -0.508 e. The molecule has 0 atom stereocenters. The molecule has 2 aromatic carbocycles. The first-order valence-corrected chi connectivity index (χ1v) is 15.6. The van der Waals surface area contributed by atoms with Crippen LogP contribution in [-0.2, 0) is 11.2 Å². The largest absolute Gasteiger partial charge is 0.508 e. The van der Waals surface area contributed by atoms with Gasteiger partial charge in [-0.1, -0.05) is 29.8 Å². The summed E-state index contributed by atoms with van der Waals surface area (Å²) < 4.78 is 5.64. The highest BCUT2D eigenvalue weighted by atomic mass is 35.5. The maximum absolute atomic E-state index is 13.2. The Labute approximate surface area is 275 Å². The Morgan fingerprint density at radius 1 is 1.09 bits per heavy atom. The van der Waals surface area contributed by atoms with Crippen molar-refractivity contribution < 1.29 is 24.2 Å². The highest BCUT2D eigenvalue weighted by Gasteiger charge is 2.33. The van der Waals surface area contributed by atoms with Crippen LogP contribution in [0.15, 0.2) is 59.5 Å². The minimum absolute atomic E-state index is 0.0777. The molecule has 5 N–H and O–H groups in total. The van der Waals surface area contributed by atoms with Gasteiger partial charge in [-0.25, -0.2) is 14.7 Å². The number of hydrogen-bond donors (Lipinski definition) is 5. The van der Waals surface area contributed by atoms with Crippen LogP contribution < -0.4 is 26.4 Å². The topological polar surface area (TPSA) is 179 Å². The molecule has 14 heteroatoms. The van der Waals surface area contributed by atoms with E-state index in [1.807, 2.05) is 0 Å². The van der Waals surface area contributed by atoms with Crippen LogP contribution in [0.5, 0.6) is 5.75 Å². The van der Waals surface area contributed by atoms with Crippen molar-refractivity contribution in [2.24, 2.45) is 0 Å². The zero-order valence-electron chi connectivity index (χ0n) is 26.2. The van der Waals surface area contributed by atoms with E-state index in [1.54, 1.807) is 45.0 Å². The van der Waals surface area contributed by atoms with Gasteiger partial charge in [0.15, 0.2) is 0 Å². The number of fused-ring (bicyclic) bond motifs is 1. The van der Waals surface area contributed by atoms with Crippen LogP contribution in [0.3, 0.4) is 0 Å². The van der Waals surface area contributed by atoms with Crippen molar-refractivity contribution in [3.8, 4) is 5.75 Å². The lowest BCUT2D eigenvalue weighted by Gasteiger charge is -2.34. The number of ether oxygens (including phenoxy) is 1. The van der Waals surface area contributed by atoms with Gasteiger partial charge in [-0.15, -0.1) is 0 Å². The predicted octanol–water partition coefficient (Wildman–Crippen LogP) is 4.40. The van der Waals surface area contributed by atoms with E-state index >= 15 is 0 Å². The lowest BCUT2D eigenvalue weighted by molar-refractivity contribution is 0.0556. The fourth-order valence-corrected chi connectivity index (χ4v) is 5.29. The van der Waals surface area contributed by atoms with Crippen LogP contribution in [0.2, 0.25) is 5.02 Å². The molecule has 1 fully saturated rings. The minimum atomic E-state index is -0.763. The van der Waals surface area contributed by atoms with Gasteiger partial charge in [0, 0.05) is 29.7 Å². The number of nitrogens with zero attached hydrogens (tertiary/aromatic N) is 3. The zero-order chi connectivity index (χ0) is 33.7. The van der Waals surface area contributed by atoms with E-state index in [-0.39, 0.29) is 51.8 Å². The van der Waals surface area contributed by atoms with Gasteiger partial charge in [-0.05, 0) is 89.0 Å². The van der Waals surface area contributed by atoms with E-state index in [0.29, 0.717) is 43.3 Å². The number of carbonyl (C=O) groups excluding carboxylic acids is 3. The molecule has 5 rings (SSSR count). The third kappa shape index (κ3) is 8.23. The van der Waals surface area contributed by atoms with Crippen LogP contribution in [-0.4, -0.2) is 69.2 Å². The molecule has 0 bridgehead atoms. The Hall–Kier alpha value is -5.01. The quantitative estimate of drug-likeness (QED) is 0.183. The van der Waals surface area contributed by atoms with Crippen LogP contribution in [0.4, 0.5) is 16.4 Å². The van der Waals surface area contributed by atoms with Crippen molar-refractivity contribution in [2.45, 2.75) is 51.7 Å².